The number of aromatic nitrogens is 2. The van der Waals surface area contributed by atoms with Gasteiger partial charge in [-0.15, -0.1) is 0 Å². The summed E-state index contributed by atoms with van der Waals surface area (Å²) in [6.45, 7) is 3.42. The highest BCUT2D eigenvalue weighted by Gasteiger charge is 2.29. The fraction of sp³-hybridized carbons (Fsp3) is 0.429. The van der Waals surface area contributed by atoms with Gasteiger partial charge in [-0.2, -0.15) is 0 Å². The van der Waals surface area contributed by atoms with Crippen LogP contribution >= 0.6 is 0 Å². The lowest BCUT2D eigenvalue weighted by Crippen LogP contribution is -2.36. The zero-order chi connectivity index (χ0) is 20.8. The minimum atomic E-state index is -0.833. The van der Waals surface area contributed by atoms with Gasteiger partial charge < -0.3 is 21.1 Å². The van der Waals surface area contributed by atoms with E-state index in [9.17, 15) is 4.79 Å². The van der Waals surface area contributed by atoms with Crippen molar-refractivity contribution in [2.24, 2.45) is 5.73 Å². The fourth-order valence-corrected chi connectivity index (χ4v) is 3.57. The van der Waals surface area contributed by atoms with E-state index in [2.05, 4.69) is 27.3 Å². The summed E-state index contributed by atoms with van der Waals surface area (Å²) in [6, 6.07) is 10.5. The van der Waals surface area contributed by atoms with E-state index in [1.165, 1.54) is 5.56 Å². The lowest BCUT2D eigenvalue weighted by Gasteiger charge is -2.25. The molecule has 1 aromatic carbocycles. The summed E-state index contributed by atoms with van der Waals surface area (Å²) < 4.78 is 0. The maximum Gasteiger partial charge on any atom is 0.300 e. The number of carboxylic acid groups (broad SMARTS) is 1. The van der Waals surface area contributed by atoms with Crippen molar-refractivity contribution in [3.63, 3.8) is 0 Å². The van der Waals surface area contributed by atoms with Crippen LogP contribution in [0.25, 0.3) is 0 Å². The standard InChI is InChI=1S/C19H23N5O.C2H4O2/c20-14-9-11-24(12-14)18-15-8-10-21-19(25)17(15)22-16(23-18)7-6-13-4-2-1-3-5-13;1-2(3)4/h1-5,14H,6-12,20H2,(H,21,25);1H3,(H,3,4). The summed E-state index contributed by atoms with van der Waals surface area (Å²) in [5.74, 6) is 0.723. The Labute approximate surface area is 170 Å². The van der Waals surface area contributed by atoms with Crippen LogP contribution in [-0.2, 0) is 24.1 Å². The number of aryl methyl sites for hydroxylation is 2. The van der Waals surface area contributed by atoms with Crippen molar-refractivity contribution in [3.8, 4) is 0 Å². The summed E-state index contributed by atoms with van der Waals surface area (Å²) in [4.78, 5) is 32.9. The van der Waals surface area contributed by atoms with Gasteiger partial charge in [-0.25, -0.2) is 9.97 Å². The molecule has 1 saturated heterocycles. The van der Waals surface area contributed by atoms with Crippen molar-refractivity contribution >= 4 is 17.7 Å². The second-order valence-electron chi connectivity index (χ2n) is 7.30. The molecule has 0 spiro atoms. The third kappa shape index (κ3) is 5.51. The zero-order valence-corrected chi connectivity index (χ0v) is 16.6. The second kappa shape index (κ2) is 9.47. The zero-order valence-electron chi connectivity index (χ0n) is 16.6. The van der Waals surface area contributed by atoms with E-state index in [1.807, 2.05) is 18.2 Å². The molecule has 4 N–H and O–H groups in total. The first-order valence-electron chi connectivity index (χ1n) is 9.86. The number of carbonyl (C=O) groups is 2. The van der Waals surface area contributed by atoms with Crippen LogP contribution in [0.15, 0.2) is 30.3 Å². The molecule has 1 amide bonds. The van der Waals surface area contributed by atoms with Gasteiger partial charge in [0, 0.05) is 44.6 Å². The highest BCUT2D eigenvalue weighted by molar-refractivity contribution is 5.96. The Morgan fingerprint density at radius 2 is 2.00 bits per heavy atom. The van der Waals surface area contributed by atoms with Crippen LogP contribution in [0.3, 0.4) is 0 Å². The number of anilines is 1. The van der Waals surface area contributed by atoms with Crippen molar-refractivity contribution in [3.05, 3.63) is 53.0 Å². The van der Waals surface area contributed by atoms with E-state index in [0.717, 1.165) is 62.9 Å². The van der Waals surface area contributed by atoms with Gasteiger partial charge in [-0.3, -0.25) is 9.59 Å². The third-order valence-electron chi connectivity index (χ3n) is 4.91. The average Bonchev–Trinajstić information content (AvgIpc) is 3.13. The molecule has 2 aliphatic heterocycles. The molecule has 2 aliphatic rings. The van der Waals surface area contributed by atoms with E-state index in [1.54, 1.807) is 0 Å². The Kier molecular flexibility index (Phi) is 6.77. The Morgan fingerprint density at radius 3 is 2.66 bits per heavy atom. The van der Waals surface area contributed by atoms with E-state index >= 15 is 0 Å². The molecule has 0 bridgehead atoms. The molecular weight excluding hydrogens is 370 g/mol. The molecule has 1 atom stereocenters. The summed E-state index contributed by atoms with van der Waals surface area (Å²) in [5, 5.41) is 10.3. The first kappa shape index (κ1) is 20.7. The van der Waals surface area contributed by atoms with E-state index in [-0.39, 0.29) is 11.9 Å². The lowest BCUT2D eigenvalue weighted by atomic mass is 10.0. The number of carbonyl (C=O) groups excluding carboxylic acids is 1. The number of rotatable bonds is 4. The highest BCUT2D eigenvalue weighted by atomic mass is 16.4. The normalized spacial score (nSPS) is 17.8. The molecule has 1 aromatic heterocycles. The molecule has 1 unspecified atom stereocenters. The number of hydrogen-bond donors (Lipinski definition) is 3. The van der Waals surface area contributed by atoms with Crippen LogP contribution in [0.2, 0.25) is 0 Å². The fourth-order valence-electron chi connectivity index (χ4n) is 3.57. The molecule has 154 valence electrons. The topological polar surface area (TPSA) is 121 Å². The molecule has 1 fully saturated rings. The number of nitrogens with one attached hydrogen (secondary N) is 1. The molecule has 4 rings (SSSR count). The third-order valence-corrected chi connectivity index (χ3v) is 4.91. The average molecular weight is 397 g/mol. The number of benzene rings is 1. The molecule has 0 aliphatic carbocycles. The number of nitrogens with zero attached hydrogens (tertiary/aromatic N) is 3. The molecule has 29 heavy (non-hydrogen) atoms. The summed E-state index contributed by atoms with van der Waals surface area (Å²) in [5.41, 5.74) is 8.84. The minimum absolute atomic E-state index is 0.0886. The van der Waals surface area contributed by atoms with Crippen molar-refractivity contribution in [1.29, 1.82) is 0 Å². The van der Waals surface area contributed by atoms with Crippen LogP contribution < -0.4 is 16.0 Å². The van der Waals surface area contributed by atoms with Crippen molar-refractivity contribution in [2.75, 3.05) is 24.5 Å². The lowest BCUT2D eigenvalue weighted by molar-refractivity contribution is -0.134. The van der Waals surface area contributed by atoms with Crippen LogP contribution in [0.4, 0.5) is 5.82 Å². The number of fused-ring (bicyclic) bond motifs is 1. The summed E-state index contributed by atoms with van der Waals surface area (Å²) >= 11 is 0. The van der Waals surface area contributed by atoms with E-state index in [0.29, 0.717) is 12.2 Å². The molecule has 8 nitrogen and oxygen atoms in total. The van der Waals surface area contributed by atoms with Gasteiger partial charge in [-0.1, -0.05) is 30.3 Å². The number of hydrogen-bond acceptors (Lipinski definition) is 6. The Morgan fingerprint density at radius 1 is 1.28 bits per heavy atom. The van der Waals surface area contributed by atoms with Gasteiger partial charge in [0.1, 0.15) is 17.3 Å². The number of carboxylic acids is 1. The maximum absolute atomic E-state index is 12.3. The van der Waals surface area contributed by atoms with Gasteiger partial charge in [0.2, 0.25) is 0 Å². The van der Waals surface area contributed by atoms with Crippen molar-refractivity contribution < 1.29 is 14.7 Å². The van der Waals surface area contributed by atoms with E-state index < -0.39 is 5.97 Å². The maximum atomic E-state index is 12.3. The van der Waals surface area contributed by atoms with Gasteiger partial charge in [-0.05, 0) is 24.8 Å². The Bertz CT molecular complexity index is 868. The van der Waals surface area contributed by atoms with E-state index in [4.69, 9.17) is 20.6 Å². The van der Waals surface area contributed by atoms with Crippen LogP contribution in [0, 0.1) is 0 Å². The monoisotopic (exact) mass is 397 g/mol. The number of nitrogens with two attached hydrogens (primary N) is 1. The second-order valence-corrected chi connectivity index (χ2v) is 7.30. The number of amides is 1. The summed E-state index contributed by atoms with van der Waals surface area (Å²) in [6.07, 6.45) is 3.32. The van der Waals surface area contributed by atoms with Gasteiger partial charge in [0.05, 0.1) is 0 Å². The number of aliphatic carboxylic acids is 1. The van der Waals surface area contributed by atoms with Crippen molar-refractivity contribution in [1.82, 2.24) is 15.3 Å². The largest absolute Gasteiger partial charge is 0.481 e. The van der Waals surface area contributed by atoms with Crippen LogP contribution in [0.1, 0.15) is 40.8 Å². The molecule has 0 saturated carbocycles. The SMILES string of the molecule is CC(=O)O.NC1CCN(c2nc(CCc3ccccc3)nc3c2CCNC3=O)C1. The summed E-state index contributed by atoms with van der Waals surface area (Å²) in [7, 11) is 0. The Balaban J connectivity index is 0.000000552. The predicted octanol–water partition coefficient (Wildman–Crippen LogP) is 1.18. The quantitative estimate of drug-likeness (QED) is 0.708. The molecular formula is C21H27N5O3. The molecule has 0 radical (unpaired) electrons. The Hall–Kier alpha value is -3.00. The van der Waals surface area contributed by atoms with Crippen molar-refractivity contribution in [2.45, 2.75) is 38.6 Å². The first-order valence-corrected chi connectivity index (χ1v) is 9.86. The van der Waals surface area contributed by atoms with Crippen LogP contribution in [0.5, 0.6) is 0 Å². The highest BCUT2D eigenvalue weighted by Crippen LogP contribution is 2.27. The van der Waals surface area contributed by atoms with Gasteiger partial charge >= 0.3 is 0 Å². The van der Waals surface area contributed by atoms with Crippen LogP contribution in [-0.4, -0.2) is 52.6 Å². The minimum Gasteiger partial charge on any atom is -0.481 e. The first-order chi connectivity index (χ1) is 13.9. The van der Waals surface area contributed by atoms with Gasteiger partial charge in [0.15, 0.2) is 0 Å². The molecule has 8 heteroatoms. The predicted molar refractivity (Wildman–Crippen MR) is 110 cm³/mol. The van der Waals surface area contributed by atoms with Gasteiger partial charge in [0.25, 0.3) is 11.9 Å². The molecule has 2 aromatic rings. The smallest absolute Gasteiger partial charge is 0.300 e. The molecule has 3 heterocycles.